The predicted molar refractivity (Wildman–Crippen MR) is 142 cm³/mol. The fourth-order valence-electron chi connectivity index (χ4n) is 4.39. The molecule has 36 heavy (non-hydrogen) atoms. The van der Waals surface area contributed by atoms with Gasteiger partial charge in [0.2, 0.25) is 5.91 Å². The molecule has 3 heterocycles. The van der Waals surface area contributed by atoms with Gasteiger partial charge in [-0.1, -0.05) is 35.9 Å². The summed E-state index contributed by atoms with van der Waals surface area (Å²) < 4.78 is 6.33. The Labute approximate surface area is 219 Å². The van der Waals surface area contributed by atoms with Gasteiger partial charge in [0.25, 0.3) is 5.56 Å². The summed E-state index contributed by atoms with van der Waals surface area (Å²) in [5, 5.41) is 14.3. The van der Waals surface area contributed by atoms with Crippen LogP contribution in [0.15, 0.2) is 34.4 Å². The summed E-state index contributed by atoms with van der Waals surface area (Å²) in [6.07, 6.45) is 2.78. The molecule has 0 fully saturated rings. The van der Waals surface area contributed by atoms with Crippen molar-refractivity contribution in [1.82, 2.24) is 15.0 Å². The molecule has 1 amide bonds. The second kappa shape index (κ2) is 10.1. The van der Waals surface area contributed by atoms with Crippen LogP contribution in [-0.4, -0.2) is 33.5 Å². The van der Waals surface area contributed by atoms with Gasteiger partial charge in [-0.2, -0.15) is 0 Å². The van der Waals surface area contributed by atoms with Crippen molar-refractivity contribution < 1.29 is 14.3 Å². The van der Waals surface area contributed by atoms with Crippen molar-refractivity contribution >= 4 is 61.4 Å². The standard InChI is InChI=1S/C25H23ClN4O4S2/c1-3-34-25(33)21-17(14-5-7-15(26)8-6-14)12-35-22(21)27-19(31)11-30-24(32)20-16-9-4-13(2)10-18(16)36-23(20)28-29-30/h5-8,12-13H,3-4,9-11H2,1-2H3,(H,27,31)/t13-/m1/s1. The maximum atomic E-state index is 13.2. The number of hydrogen-bond donors (Lipinski definition) is 1. The third-order valence-electron chi connectivity index (χ3n) is 6.16. The maximum Gasteiger partial charge on any atom is 0.341 e. The topological polar surface area (TPSA) is 103 Å². The minimum absolute atomic E-state index is 0.191. The smallest absolute Gasteiger partial charge is 0.341 e. The maximum absolute atomic E-state index is 13.2. The number of amides is 1. The van der Waals surface area contributed by atoms with Crippen LogP contribution in [-0.2, 0) is 28.9 Å². The first-order valence-corrected chi connectivity index (χ1v) is 13.7. The van der Waals surface area contributed by atoms with Gasteiger partial charge in [0.05, 0.1) is 12.0 Å². The summed E-state index contributed by atoms with van der Waals surface area (Å²) >= 11 is 8.73. The lowest BCUT2D eigenvalue weighted by Crippen LogP contribution is -2.30. The Bertz CT molecular complexity index is 1520. The minimum atomic E-state index is -0.545. The van der Waals surface area contributed by atoms with Crippen molar-refractivity contribution in [3.05, 3.63) is 61.0 Å². The van der Waals surface area contributed by atoms with Crippen LogP contribution in [0.2, 0.25) is 5.02 Å². The number of benzene rings is 1. The van der Waals surface area contributed by atoms with E-state index >= 15 is 0 Å². The molecule has 186 valence electrons. The van der Waals surface area contributed by atoms with Crippen molar-refractivity contribution in [3.63, 3.8) is 0 Å². The molecule has 0 unspecified atom stereocenters. The van der Waals surface area contributed by atoms with Gasteiger partial charge in [0.1, 0.15) is 17.1 Å². The van der Waals surface area contributed by atoms with Crippen molar-refractivity contribution in [2.75, 3.05) is 11.9 Å². The van der Waals surface area contributed by atoms with Crippen LogP contribution < -0.4 is 10.9 Å². The molecular formula is C25H23ClN4O4S2. The number of thiophene rings is 2. The molecule has 0 bridgehead atoms. The van der Waals surface area contributed by atoms with Crippen LogP contribution in [0, 0.1) is 5.92 Å². The molecule has 1 aromatic carbocycles. The molecule has 0 aliphatic heterocycles. The van der Waals surface area contributed by atoms with Gasteiger partial charge < -0.3 is 10.1 Å². The molecule has 0 saturated heterocycles. The molecule has 1 aliphatic carbocycles. The Balaban J connectivity index is 1.43. The van der Waals surface area contributed by atoms with E-state index in [9.17, 15) is 14.4 Å². The molecule has 8 nitrogen and oxygen atoms in total. The Hall–Kier alpha value is -3.08. The highest BCUT2D eigenvalue weighted by molar-refractivity contribution is 7.18. The SMILES string of the molecule is CCOC(=O)c1c(-c2ccc(Cl)cc2)csc1NC(=O)Cn1nnc2sc3c(c2c1=O)CC[C@@H](C)C3. The molecule has 0 radical (unpaired) electrons. The van der Waals surface area contributed by atoms with Crippen molar-refractivity contribution in [3.8, 4) is 11.1 Å². The Morgan fingerprint density at radius 2 is 2.06 bits per heavy atom. The van der Waals surface area contributed by atoms with Crippen LogP contribution in [0.3, 0.4) is 0 Å². The number of hydrogen-bond acceptors (Lipinski definition) is 8. The lowest BCUT2D eigenvalue weighted by Gasteiger charge is -2.17. The lowest BCUT2D eigenvalue weighted by molar-refractivity contribution is -0.117. The molecule has 0 saturated carbocycles. The van der Waals surface area contributed by atoms with Gasteiger partial charge in [-0.05, 0) is 55.4 Å². The van der Waals surface area contributed by atoms with Crippen LogP contribution in [0.25, 0.3) is 21.3 Å². The summed E-state index contributed by atoms with van der Waals surface area (Å²) in [4.78, 5) is 40.8. The number of carbonyl (C=O) groups excluding carboxylic acids is 2. The number of fused-ring (bicyclic) bond motifs is 3. The molecular weight excluding hydrogens is 520 g/mol. The van der Waals surface area contributed by atoms with E-state index in [1.54, 1.807) is 36.6 Å². The zero-order valence-electron chi connectivity index (χ0n) is 19.7. The van der Waals surface area contributed by atoms with E-state index in [1.165, 1.54) is 27.6 Å². The third-order valence-corrected chi connectivity index (χ3v) is 8.44. The van der Waals surface area contributed by atoms with E-state index in [-0.39, 0.29) is 24.3 Å². The quantitative estimate of drug-likeness (QED) is 0.337. The van der Waals surface area contributed by atoms with Gasteiger partial charge >= 0.3 is 5.97 Å². The number of carbonyl (C=O) groups is 2. The molecule has 5 rings (SSSR count). The Kier molecular flexibility index (Phi) is 6.92. The van der Waals surface area contributed by atoms with Crippen LogP contribution >= 0.6 is 34.3 Å². The number of esters is 1. The molecule has 0 spiro atoms. The first kappa shape index (κ1) is 24.6. The number of nitrogens with zero attached hydrogens (tertiary/aromatic N) is 3. The molecule has 11 heteroatoms. The highest BCUT2D eigenvalue weighted by Crippen LogP contribution is 2.37. The molecule has 1 atom stereocenters. The van der Waals surface area contributed by atoms with Crippen molar-refractivity contribution in [1.29, 1.82) is 0 Å². The average molecular weight is 543 g/mol. The van der Waals surface area contributed by atoms with Crippen LogP contribution in [0.5, 0.6) is 0 Å². The summed E-state index contributed by atoms with van der Waals surface area (Å²) in [5.74, 6) is -0.460. The third kappa shape index (κ3) is 4.68. The molecule has 1 N–H and O–H groups in total. The largest absolute Gasteiger partial charge is 0.462 e. The van der Waals surface area contributed by atoms with E-state index in [1.807, 2.05) is 0 Å². The van der Waals surface area contributed by atoms with Crippen LogP contribution in [0.4, 0.5) is 5.00 Å². The van der Waals surface area contributed by atoms with Crippen LogP contribution in [0.1, 0.15) is 41.1 Å². The van der Waals surface area contributed by atoms with Gasteiger partial charge in [0, 0.05) is 20.8 Å². The highest BCUT2D eigenvalue weighted by atomic mass is 35.5. The number of halogens is 1. The first-order chi connectivity index (χ1) is 17.4. The molecule has 3 aromatic heterocycles. The number of anilines is 1. The number of aryl methyl sites for hydroxylation is 1. The zero-order valence-corrected chi connectivity index (χ0v) is 22.1. The second-order valence-electron chi connectivity index (χ2n) is 8.71. The number of rotatable bonds is 6. The zero-order chi connectivity index (χ0) is 25.4. The van der Waals surface area contributed by atoms with E-state index < -0.39 is 11.9 Å². The van der Waals surface area contributed by atoms with Gasteiger partial charge in [-0.15, -0.1) is 27.8 Å². The van der Waals surface area contributed by atoms with Crippen molar-refractivity contribution in [2.24, 2.45) is 5.92 Å². The molecule has 4 aromatic rings. The predicted octanol–water partition coefficient (Wildman–Crippen LogP) is 5.18. The van der Waals surface area contributed by atoms with E-state index in [0.717, 1.165) is 35.1 Å². The van der Waals surface area contributed by atoms with E-state index in [2.05, 4.69) is 22.6 Å². The lowest BCUT2D eigenvalue weighted by atomic mass is 9.89. The summed E-state index contributed by atoms with van der Waals surface area (Å²) in [7, 11) is 0. The normalized spacial score (nSPS) is 15.0. The number of ether oxygens (including phenoxy) is 1. The Morgan fingerprint density at radius 1 is 1.28 bits per heavy atom. The average Bonchev–Trinajstić information content (AvgIpc) is 3.42. The number of nitrogens with one attached hydrogen (secondary N) is 1. The summed E-state index contributed by atoms with van der Waals surface area (Å²) in [5.41, 5.74) is 2.37. The van der Waals surface area contributed by atoms with Gasteiger partial charge in [0.15, 0.2) is 4.83 Å². The van der Waals surface area contributed by atoms with E-state index in [4.69, 9.17) is 16.3 Å². The van der Waals surface area contributed by atoms with E-state index in [0.29, 0.717) is 31.7 Å². The highest BCUT2D eigenvalue weighted by Gasteiger charge is 2.25. The van der Waals surface area contributed by atoms with Gasteiger partial charge in [-0.25, -0.2) is 9.48 Å². The number of aromatic nitrogens is 3. The summed E-state index contributed by atoms with van der Waals surface area (Å²) in [6, 6.07) is 7.05. The first-order valence-electron chi connectivity index (χ1n) is 11.6. The fraction of sp³-hybridized carbons (Fsp3) is 0.320. The minimum Gasteiger partial charge on any atom is -0.462 e. The summed E-state index contributed by atoms with van der Waals surface area (Å²) in [6.45, 7) is 3.79. The molecule has 1 aliphatic rings. The van der Waals surface area contributed by atoms with Crippen molar-refractivity contribution in [2.45, 2.75) is 39.7 Å². The fourth-order valence-corrected chi connectivity index (χ4v) is 6.81. The second-order valence-corrected chi connectivity index (χ2v) is 11.1. The Morgan fingerprint density at radius 3 is 2.81 bits per heavy atom. The van der Waals surface area contributed by atoms with Gasteiger partial charge in [-0.3, -0.25) is 9.59 Å². The monoisotopic (exact) mass is 542 g/mol.